The van der Waals surface area contributed by atoms with Gasteiger partial charge in [-0.2, -0.15) is 4.99 Å². The Morgan fingerprint density at radius 3 is 2.70 bits per heavy atom. The number of aliphatic carboxylic acids is 1. The number of aryl methyl sites for hydroxylation is 1. The van der Waals surface area contributed by atoms with Gasteiger partial charge in [0, 0.05) is 35.0 Å². The van der Waals surface area contributed by atoms with E-state index < -0.39 is 12.0 Å². The van der Waals surface area contributed by atoms with Gasteiger partial charge in [-0.15, -0.1) is 0 Å². The number of nitrogens with one attached hydrogen (secondary N) is 1. The summed E-state index contributed by atoms with van der Waals surface area (Å²) in [5, 5.41) is 12.1. The number of allylic oxidation sites excluding steroid dienone is 4. The molecular formula is C36H38N3O4+. The lowest BCUT2D eigenvalue weighted by Gasteiger charge is -2.26. The largest absolute Gasteiger partial charge is 0.480 e. The zero-order valence-corrected chi connectivity index (χ0v) is 24.9. The topological polar surface area (TPSA) is 111 Å². The van der Waals surface area contributed by atoms with Gasteiger partial charge in [-0.3, -0.25) is 4.79 Å². The molecule has 4 N–H and O–H groups in total. The van der Waals surface area contributed by atoms with Crippen molar-refractivity contribution in [3.63, 3.8) is 0 Å². The standard InChI is InChI=1S/C36H37N3O4/c1-4-39-29-17-13-22-8-5-6-11-27(22)33(29)36(2,3)31(39)18-14-23-9-7-10-25-20-24-12-15-26(21-30(24)43-34(23)25)38-32(40)19-16-28(37)35(41)42/h5-6,8,11-15,17-18,20-21,28H,4,7,9-10,16,19,37H2,1-3H3,(H,41,42)/p+1/b23-14+,31-18+,38-26?. The first-order valence-corrected chi connectivity index (χ1v) is 15.1. The molecule has 0 saturated carbocycles. The number of amides is 1. The van der Waals surface area contributed by atoms with Crippen LogP contribution in [0.1, 0.15) is 63.3 Å². The van der Waals surface area contributed by atoms with E-state index in [1.165, 1.54) is 38.9 Å². The Bertz CT molecular complexity index is 1840. The highest BCUT2D eigenvalue weighted by atomic mass is 16.4. The van der Waals surface area contributed by atoms with Crippen LogP contribution in [0.3, 0.4) is 0 Å². The number of hydrogen-bond donors (Lipinski definition) is 3. The fraction of sp³-hybridized carbons (Fsp3) is 0.306. The molecule has 2 aromatic carbocycles. The first-order chi connectivity index (χ1) is 20.7. The molecule has 0 spiro atoms. The summed E-state index contributed by atoms with van der Waals surface area (Å²) >= 11 is 0. The molecule has 2 aliphatic heterocycles. The fourth-order valence-electron chi connectivity index (χ4n) is 6.64. The number of benzene rings is 3. The van der Waals surface area contributed by atoms with Gasteiger partial charge in [0.15, 0.2) is 0 Å². The third kappa shape index (κ3) is 5.30. The third-order valence-electron chi connectivity index (χ3n) is 8.83. The van der Waals surface area contributed by atoms with Crippen molar-refractivity contribution in [3.05, 3.63) is 101 Å². The van der Waals surface area contributed by atoms with Crippen molar-refractivity contribution in [1.29, 1.82) is 0 Å². The number of carboxylic acids is 1. The highest BCUT2D eigenvalue weighted by Crippen LogP contribution is 2.50. The minimum Gasteiger partial charge on any atom is -0.480 e. The Morgan fingerprint density at radius 2 is 1.91 bits per heavy atom. The maximum absolute atomic E-state index is 12.4. The van der Waals surface area contributed by atoms with E-state index in [0.717, 1.165) is 37.1 Å². The minimum absolute atomic E-state index is 0.0270. The predicted octanol–water partition coefficient (Wildman–Crippen LogP) is 4.66. The first kappa shape index (κ1) is 28.6. The second kappa shape index (κ2) is 11.3. The van der Waals surface area contributed by atoms with Crippen molar-refractivity contribution in [2.75, 3.05) is 11.4 Å². The molecule has 2 aromatic rings. The van der Waals surface area contributed by atoms with Crippen molar-refractivity contribution in [2.24, 2.45) is 5.73 Å². The van der Waals surface area contributed by atoms with Crippen LogP contribution in [0.25, 0.3) is 27.7 Å². The van der Waals surface area contributed by atoms with Crippen molar-refractivity contribution in [1.82, 2.24) is 0 Å². The van der Waals surface area contributed by atoms with Crippen LogP contribution in [0.4, 0.5) is 5.69 Å². The molecule has 2 heterocycles. The molecule has 1 atom stereocenters. The van der Waals surface area contributed by atoms with Crippen molar-refractivity contribution >= 4 is 33.9 Å². The number of carboxylic acid groups (broad SMARTS) is 1. The lowest BCUT2D eigenvalue weighted by Crippen LogP contribution is -2.80. The molecule has 1 amide bonds. The quantitative estimate of drug-likeness (QED) is 0.308. The summed E-state index contributed by atoms with van der Waals surface area (Å²) in [4.78, 5) is 28.7. The molecule has 220 valence electrons. The van der Waals surface area contributed by atoms with Gasteiger partial charge in [-0.05, 0) is 84.4 Å². The number of likely N-dealkylation sites (N-methyl/N-ethyl adjacent to an activating group) is 1. The molecule has 43 heavy (non-hydrogen) atoms. The summed E-state index contributed by atoms with van der Waals surface area (Å²) in [6.07, 6.45) is 7.55. The first-order valence-electron chi connectivity index (χ1n) is 15.1. The lowest BCUT2D eigenvalue weighted by atomic mass is 9.81. The molecule has 7 nitrogen and oxygen atoms in total. The Labute approximate surface area is 251 Å². The van der Waals surface area contributed by atoms with E-state index in [0.29, 0.717) is 11.1 Å². The highest BCUT2D eigenvalue weighted by Gasteiger charge is 2.40. The highest BCUT2D eigenvalue weighted by molar-refractivity contribution is 5.95. The van der Waals surface area contributed by atoms with Gasteiger partial charge in [0.2, 0.25) is 5.36 Å². The summed E-state index contributed by atoms with van der Waals surface area (Å²) < 4.78 is 6.53. The monoisotopic (exact) mass is 576 g/mol. The van der Waals surface area contributed by atoms with E-state index in [1.807, 2.05) is 18.2 Å². The molecule has 4 aliphatic rings. The smallest absolute Gasteiger partial charge is 0.385 e. The number of anilines is 1. The van der Waals surface area contributed by atoms with Gasteiger partial charge in [-0.1, -0.05) is 50.3 Å². The SMILES string of the molecule is CCN1/C(=C/C=C2\CCCc3cc4ccc(=[NH+]C(=O)CCC(N)C(=O)O)cc-4oc32)C(C)(C)c2c1ccc1ccccc21. The van der Waals surface area contributed by atoms with Crippen LogP contribution < -0.4 is 21.0 Å². The second-order valence-electron chi connectivity index (χ2n) is 12.0. The molecule has 0 radical (unpaired) electrons. The Morgan fingerprint density at radius 1 is 1.09 bits per heavy atom. The molecule has 0 bridgehead atoms. The van der Waals surface area contributed by atoms with E-state index in [4.69, 9.17) is 15.3 Å². The van der Waals surface area contributed by atoms with Crippen LogP contribution in [-0.4, -0.2) is 29.6 Å². The Balaban J connectivity index is 1.36. The van der Waals surface area contributed by atoms with E-state index in [9.17, 15) is 9.59 Å². The number of carbonyl (C=O) groups is 2. The van der Waals surface area contributed by atoms with Crippen LogP contribution in [-0.2, 0) is 21.4 Å². The molecule has 7 heteroatoms. The van der Waals surface area contributed by atoms with Gasteiger partial charge in [0.05, 0.1) is 12.5 Å². The Kier molecular flexibility index (Phi) is 7.52. The summed E-state index contributed by atoms with van der Waals surface area (Å²) in [6.45, 7) is 7.72. The molecule has 1 unspecified atom stereocenters. The van der Waals surface area contributed by atoms with Gasteiger partial charge in [0.25, 0.3) is 0 Å². The number of nitrogens with zero attached hydrogens (tertiary/aromatic N) is 1. The molecule has 0 saturated heterocycles. The van der Waals surface area contributed by atoms with E-state index in [1.54, 1.807) is 0 Å². The molecule has 0 fully saturated rings. The number of carbonyl (C=O) groups excluding carboxylic acids is 1. The lowest BCUT2D eigenvalue weighted by molar-refractivity contribution is -0.417. The number of fused-ring (bicyclic) bond motifs is 5. The van der Waals surface area contributed by atoms with E-state index in [2.05, 4.69) is 85.3 Å². The molecular weight excluding hydrogens is 538 g/mol. The summed E-state index contributed by atoms with van der Waals surface area (Å²) in [7, 11) is 0. The van der Waals surface area contributed by atoms with Crippen LogP contribution in [0.2, 0.25) is 0 Å². The average Bonchev–Trinajstić information content (AvgIpc) is 3.23. The Hall–Kier alpha value is -4.49. The molecule has 6 rings (SSSR count). The third-order valence-corrected chi connectivity index (χ3v) is 8.83. The van der Waals surface area contributed by atoms with Crippen molar-refractivity contribution in [2.45, 2.75) is 64.3 Å². The van der Waals surface area contributed by atoms with Gasteiger partial charge >= 0.3 is 11.9 Å². The summed E-state index contributed by atoms with van der Waals surface area (Å²) in [6, 6.07) is 19.8. The number of hydrogen-bond acceptors (Lipinski definition) is 5. The number of rotatable bonds is 6. The molecule has 0 aromatic heterocycles. The second-order valence-corrected chi connectivity index (χ2v) is 12.0. The van der Waals surface area contributed by atoms with Gasteiger partial charge < -0.3 is 20.2 Å². The van der Waals surface area contributed by atoms with Crippen LogP contribution in [0.5, 0.6) is 0 Å². The predicted molar refractivity (Wildman–Crippen MR) is 168 cm³/mol. The van der Waals surface area contributed by atoms with Crippen molar-refractivity contribution in [3.8, 4) is 11.3 Å². The maximum Gasteiger partial charge on any atom is 0.385 e. The molecule has 2 aliphatic carbocycles. The average molecular weight is 577 g/mol. The fourth-order valence-corrected chi connectivity index (χ4v) is 6.64. The van der Waals surface area contributed by atoms with Crippen LogP contribution in [0.15, 0.2) is 82.9 Å². The van der Waals surface area contributed by atoms with Gasteiger partial charge in [0.1, 0.15) is 17.6 Å². The van der Waals surface area contributed by atoms with Crippen LogP contribution >= 0.6 is 0 Å². The number of nitrogens with two attached hydrogens (primary N) is 1. The zero-order chi connectivity index (χ0) is 30.3. The van der Waals surface area contributed by atoms with Crippen molar-refractivity contribution < 1.29 is 24.1 Å². The normalized spacial score (nSPS) is 18.8. The maximum atomic E-state index is 12.4. The van der Waals surface area contributed by atoms with Gasteiger partial charge in [-0.25, -0.2) is 4.79 Å². The summed E-state index contributed by atoms with van der Waals surface area (Å²) in [5.41, 5.74) is 12.6. The van der Waals surface area contributed by atoms with E-state index >= 15 is 0 Å². The summed E-state index contributed by atoms with van der Waals surface area (Å²) in [5.74, 6) is 0.191. The van der Waals surface area contributed by atoms with E-state index in [-0.39, 0.29) is 24.2 Å². The minimum atomic E-state index is -1.11. The zero-order valence-electron chi connectivity index (χ0n) is 24.9. The van der Waals surface area contributed by atoms with Crippen LogP contribution in [0, 0.1) is 0 Å².